The third-order valence-corrected chi connectivity index (χ3v) is 5.40. The predicted molar refractivity (Wildman–Crippen MR) is 139 cm³/mol. The van der Waals surface area contributed by atoms with Gasteiger partial charge in [-0.1, -0.05) is 41.9 Å². The third-order valence-electron chi connectivity index (χ3n) is 5.17. The number of carboxylic acids is 1. The van der Waals surface area contributed by atoms with Gasteiger partial charge in [0.25, 0.3) is 6.47 Å². The van der Waals surface area contributed by atoms with E-state index in [-0.39, 0.29) is 12.4 Å². The first-order chi connectivity index (χ1) is 17.5. The van der Waals surface area contributed by atoms with Crippen LogP contribution in [0.15, 0.2) is 67.0 Å². The highest BCUT2D eigenvalue weighted by Gasteiger charge is 2.20. The molecule has 2 N–H and O–H groups in total. The maximum Gasteiger partial charge on any atom is 0.331 e. The lowest BCUT2D eigenvalue weighted by atomic mass is 10.0. The summed E-state index contributed by atoms with van der Waals surface area (Å²) in [7, 11) is 0. The second-order valence-electron chi connectivity index (χ2n) is 7.64. The first-order valence-corrected chi connectivity index (χ1v) is 12.0. The van der Waals surface area contributed by atoms with Gasteiger partial charge in [-0.15, -0.1) is 0 Å². The molecule has 36 heavy (non-hydrogen) atoms. The fourth-order valence-electron chi connectivity index (χ4n) is 3.65. The number of benzene rings is 2. The molecular formula is C27H31ClN2O6. The molecule has 0 radical (unpaired) electrons. The van der Waals surface area contributed by atoms with Crippen LogP contribution in [0, 0.1) is 0 Å². The fraction of sp³-hybridized carbons (Fsp3) is 0.296. The van der Waals surface area contributed by atoms with Crippen molar-refractivity contribution < 1.29 is 29.0 Å². The van der Waals surface area contributed by atoms with Crippen molar-refractivity contribution in [3.05, 3.63) is 83.1 Å². The van der Waals surface area contributed by atoms with Gasteiger partial charge in [0.2, 0.25) is 0 Å². The van der Waals surface area contributed by atoms with Crippen molar-refractivity contribution in [1.29, 1.82) is 0 Å². The average molecular weight is 515 g/mol. The Bertz CT molecular complexity index is 1070. The van der Waals surface area contributed by atoms with Crippen LogP contribution in [-0.4, -0.2) is 49.8 Å². The van der Waals surface area contributed by atoms with Crippen molar-refractivity contribution in [2.75, 3.05) is 31.1 Å². The number of rotatable bonds is 11. The van der Waals surface area contributed by atoms with E-state index in [9.17, 15) is 14.4 Å². The normalized spacial score (nSPS) is 12.2. The van der Waals surface area contributed by atoms with E-state index in [4.69, 9.17) is 21.4 Å². The highest BCUT2D eigenvalue weighted by atomic mass is 35.5. The summed E-state index contributed by atoms with van der Waals surface area (Å²) in [6, 6.07) is 14.8. The Labute approximate surface area is 216 Å². The molecule has 0 saturated carbocycles. The van der Waals surface area contributed by atoms with Crippen molar-refractivity contribution in [3.63, 3.8) is 0 Å². The number of carbonyl (C=O) groups excluding carboxylic acids is 2. The summed E-state index contributed by atoms with van der Waals surface area (Å²) in [6.07, 6.45) is 7.82. The van der Waals surface area contributed by atoms with Crippen LogP contribution in [0.1, 0.15) is 24.5 Å². The number of anilines is 2. The number of carbonyl (C=O) groups is 3. The zero-order chi connectivity index (χ0) is 26.2. The van der Waals surface area contributed by atoms with Crippen molar-refractivity contribution in [2.24, 2.45) is 0 Å². The van der Waals surface area contributed by atoms with Gasteiger partial charge in [-0.2, -0.15) is 0 Å². The van der Waals surface area contributed by atoms with Crippen LogP contribution in [0.2, 0.25) is 5.02 Å². The average Bonchev–Trinajstić information content (AvgIpc) is 3.01. The van der Waals surface area contributed by atoms with Gasteiger partial charge in [0.15, 0.2) is 0 Å². The van der Waals surface area contributed by atoms with Gasteiger partial charge in [0, 0.05) is 35.6 Å². The maximum absolute atomic E-state index is 11.3. The molecular weight excluding hydrogens is 484 g/mol. The Morgan fingerprint density at radius 3 is 2.58 bits per heavy atom. The van der Waals surface area contributed by atoms with Crippen LogP contribution < -0.4 is 10.2 Å². The molecule has 0 aromatic heterocycles. The lowest BCUT2D eigenvalue weighted by Crippen LogP contribution is -2.24. The molecule has 2 aromatic rings. The minimum atomic E-state index is -1.15. The highest BCUT2D eigenvalue weighted by Crippen LogP contribution is 2.37. The number of hydrogen-bond donors (Lipinski definition) is 2. The number of hydrogen-bond acceptors (Lipinski definition) is 7. The Morgan fingerprint density at radius 2 is 1.86 bits per heavy atom. The first kappa shape index (κ1) is 28.6. The standard InChI is InChI=1S/C23H27ClN2O2.C4H4O4/c1-2-28-23(27)9-5-14-25-15-6-16-26-21-8-4-3-7-18(21)10-11-19-12-13-20(24)17-22(19)26;5-3-8-2-1-4(6)7/h3-5,7-9,12-13,17,25H,2,6,10-11,14-16H2,1H3;1-3H,(H,6,7)/b9-5+;2-1+. The van der Waals surface area contributed by atoms with Crippen LogP contribution >= 0.6 is 11.6 Å². The molecule has 9 heteroatoms. The lowest BCUT2D eigenvalue weighted by molar-refractivity contribution is -0.137. The molecule has 1 aliphatic rings. The minimum Gasteiger partial charge on any atom is -0.478 e. The van der Waals surface area contributed by atoms with Gasteiger partial charge in [0.05, 0.1) is 12.7 Å². The first-order valence-electron chi connectivity index (χ1n) is 11.6. The van der Waals surface area contributed by atoms with Crippen LogP contribution in [-0.2, 0) is 36.7 Å². The number of aryl methyl sites for hydroxylation is 2. The number of carboxylic acid groups (broad SMARTS) is 1. The number of para-hydroxylation sites is 1. The number of ether oxygens (including phenoxy) is 2. The van der Waals surface area contributed by atoms with Gasteiger partial charge in [-0.05, 0) is 62.1 Å². The molecule has 192 valence electrons. The SMILES string of the molecule is CCOC(=O)/C=C/CNCCCN1c2ccccc2CCc2ccc(Cl)cc21.O=CO/C=C/C(=O)O. The van der Waals surface area contributed by atoms with Crippen LogP contribution in [0.25, 0.3) is 0 Å². The Morgan fingerprint density at radius 1 is 1.11 bits per heavy atom. The number of esters is 1. The molecule has 0 aliphatic carbocycles. The quantitative estimate of drug-likeness (QED) is 0.149. The Hall–Kier alpha value is -3.62. The third kappa shape index (κ3) is 9.93. The molecule has 2 aromatic carbocycles. The van der Waals surface area contributed by atoms with Crippen molar-refractivity contribution in [1.82, 2.24) is 5.32 Å². The van der Waals surface area contributed by atoms with Crippen LogP contribution in [0.3, 0.4) is 0 Å². The summed E-state index contributed by atoms with van der Waals surface area (Å²) in [5, 5.41) is 12.0. The topological polar surface area (TPSA) is 105 Å². The molecule has 0 bridgehead atoms. The number of nitrogens with one attached hydrogen (secondary N) is 1. The molecule has 0 spiro atoms. The van der Waals surface area contributed by atoms with Crippen molar-refractivity contribution in [3.8, 4) is 0 Å². The monoisotopic (exact) mass is 514 g/mol. The molecule has 0 atom stereocenters. The molecule has 1 heterocycles. The smallest absolute Gasteiger partial charge is 0.331 e. The van der Waals surface area contributed by atoms with Gasteiger partial charge in [-0.3, -0.25) is 4.79 Å². The molecule has 0 unspecified atom stereocenters. The summed E-state index contributed by atoms with van der Waals surface area (Å²) >= 11 is 6.30. The zero-order valence-corrected chi connectivity index (χ0v) is 20.9. The summed E-state index contributed by atoms with van der Waals surface area (Å²) in [4.78, 5) is 32.6. The van der Waals surface area contributed by atoms with E-state index in [0.29, 0.717) is 19.2 Å². The zero-order valence-electron chi connectivity index (χ0n) is 20.2. The predicted octanol–water partition coefficient (Wildman–Crippen LogP) is 4.43. The summed E-state index contributed by atoms with van der Waals surface area (Å²) < 4.78 is 8.77. The van der Waals surface area contributed by atoms with E-state index in [1.165, 1.54) is 28.6 Å². The van der Waals surface area contributed by atoms with Crippen molar-refractivity contribution >= 4 is 41.4 Å². The number of halogens is 1. The van der Waals surface area contributed by atoms with Crippen LogP contribution in [0.5, 0.6) is 0 Å². The molecule has 8 nitrogen and oxygen atoms in total. The van der Waals surface area contributed by atoms with E-state index in [2.05, 4.69) is 51.4 Å². The van der Waals surface area contributed by atoms with E-state index >= 15 is 0 Å². The number of nitrogens with zero attached hydrogens (tertiary/aromatic N) is 1. The second-order valence-corrected chi connectivity index (χ2v) is 8.08. The summed E-state index contributed by atoms with van der Waals surface area (Å²) in [6.45, 7) is 4.76. The fourth-order valence-corrected chi connectivity index (χ4v) is 3.81. The molecule has 0 saturated heterocycles. The molecule has 1 aliphatic heterocycles. The van der Waals surface area contributed by atoms with Gasteiger partial charge >= 0.3 is 11.9 Å². The van der Waals surface area contributed by atoms with Crippen molar-refractivity contribution in [2.45, 2.75) is 26.2 Å². The van der Waals surface area contributed by atoms with E-state index in [0.717, 1.165) is 43.6 Å². The summed E-state index contributed by atoms with van der Waals surface area (Å²) in [5.74, 6) is -1.44. The number of fused-ring (bicyclic) bond motifs is 2. The molecule has 0 amide bonds. The maximum atomic E-state index is 11.3. The lowest BCUT2D eigenvalue weighted by Gasteiger charge is -2.27. The largest absolute Gasteiger partial charge is 0.478 e. The molecule has 3 rings (SSSR count). The van der Waals surface area contributed by atoms with E-state index in [1.807, 2.05) is 6.07 Å². The molecule has 0 fully saturated rings. The second kappa shape index (κ2) is 16.1. The van der Waals surface area contributed by atoms with Gasteiger partial charge in [-0.25, -0.2) is 9.59 Å². The summed E-state index contributed by atoms with van der Waals surface area (Å²) in [5.41, 5.74) is 5.19. The Balaban J connectivity index is 0.000000493. The number of aliphatic carboxylic acids is 1. The van der Waals surface area contributed by atoms with E-state index < -0.39 is 5.97 Å². The van der Waals surface area contributed by atoms with E-state index in [1.54, 1.807) is 13.0 Å². The Kier molecular flexibility index (Phi) is 12.8. The van der Waals surface area contributed by atoms with Crippen LogP contribution in [0.4, 0.5) is 11.4 Å². The minimum absolute atomic E-state index is 0.138. The van der Waals surface area contributed by atoms with Gasteiger partial charge < -0.3 is 24.8 Å². The van der Waals surface area contributed by atoms with Gasteiger partial charge in [0.1, 0.15) is 6.26 Å². The highest BCUT2D eigenvalue weighted by molar-refractivity contribution is 6.30.